The second-order valence-electron chi connectivity index (χ2n) is 5.84. The number of aromatic nitrogens is 1. The van der Waals surface area contributed by atoms with Gasteiger partial charge in [0.1, 0.15) is 5.82 Å². The molecular weight excluding hydrogens is 303 g/mol. The van der Waals surface area contributed by atoms with E-state index in [9.17, 15) is 9.18 Å². The predicted molar refractivity (Wildman–Crippen MR) is 95.0 cm³/mol. The van der Waals surface area contributed by atoms with Crippen LogP contribution in [0.15, 0.2) is 48.5 Å². The molecule has 122 valence electrons. The van der Waals surface area contributed by atoms with Crippen molar-refractivity contribution >= 4 is 22.5 Å². The molecule has 0 aliphatic heterocycles. The summed E-state index contributed by atoms with van der Waals surface area (Å²) in [5.74, 6) is -0.446. The lowest BCUT2D eigenvalue weighted by molar-refractivity contribution is 0.0987. The molecule has 0 unspecified atom stereocenters. The number of aryl methyl sites for hydroxylation is 2. The van der Waals surface area contributed by atoms with Crippen LogP contribution in [-0.2, 0) is 0 Å². The maximum absolute atomic E-state index is 13.1. The van der Waals surface area contributed by atoms with E-state index in [2.05, 4.69) is 4.98 Å². The maximum atomic E-state index is 13.1. The summed E-state index contributed by atoms with van der Waals surface area (Å²) < 4.78 is 13.1. The summed E-state index contributed by atoms with van der Waals surface area (Å²) in [6.45, 7) is 6.24. The zero-order chi connectivity index (χ0) is 17.3. The summed E-state index contributed by atoms with van der Waals surface area (Å²) in [6.07, 6.45) is 0. The molecule has 3 nitrogen and oxygen atoms in total. The average molecular weight is 322 g/mol. The van der Waals surface area contributed by atoms with Crippen LogP contribution >= 0.6 is 0 Å². The molecule has 3 rings (SSSR count). The first-order chi connectivity index (χ1) is 11.5. The lowest BCUT2D eigenvalue weighted by atomic mass is 10.1. The molecule has 0 aliphatic rings. The molecule has 4 heteroatoms. The van der Waals surface area contributed by atoms with Crippen LogP contribution in [0.1, 0.15) is 28.5 Å². The highest BCUT2D eigenvalue weighted by Gasteiger charge is 2.19. The summed E-state index contributed by atoms with van der Waals surface area (Å²) in [7, 11) is 0. The number of anilines is 1. The Morgan fingerprint density at radius 3 is 2.46 bits per heavy atom. The third kappa shape index (κ3) is 3.00. The molecule has 0 atom stereocenters. The van der Waals surface area contributed by atoms with E-state index in [4.69, 9.17) is 0 Å². The standard InChI is InChI=1S/C20H19FN2O/c1-4-23(17-8-6-16(21)7-9-17)20(24)18-12-15-11-13(2)5-10-19(15)22-14(18)3/h5-12H,4H2,1-3H3. The molecular formula is C20H19FN2O. The Morgan fingerprint density at radius 2 is 1.79 bits per heavy atom. The first-order valence-corrected chi connectivity index (χ1v) is 7.95. The summed E-state index contributed by atoms with van der Waals surface area (Å²) in [4.78, 5) is 19.2. The van der Waals surface area contributed by atoms with Crippen LogP contribution in [0.5, 0.6) is 0 Å². The number of halogens is 1. The van der Waals surface area contributed by atoms with Crippen LogP contribution in [0.25, 0.3) is 10.9 Å². The van der Waals surface area contributed by atoms with Gasteiger partial charge in [-0.15, -0.1) is 0 Å². The third-order valence-corrected chi connectivity index (χ3v) is 4.09. The number of hydrogen-bond acceptors (Lipinski definition) is 2. The molecule has 1 heterocycles. The van der Waals surface area contributed by atoms with Gasteiger partial charge in [-0.3, -0.25) is 9.78 Å². The molecule has 24 heavy (non-hydrogen) atoms. The number of carbonyl (C=O) groups is 1. The number of fused-ring (bicyclic) bond motifs is 1. The van der Waals surface area contributed by atoms with Gasteiger partial charge < -0.3 is 4.90 Å². The summed E-state index contributed by atoms with van der Waals surface area (Å²) in [5, 5.41) is 0.944. The van der Waals surface area contributed by atoms with E-state index in [0.717, 1.165) is 16.5 Å². The van der Waals surface area contributed by atoms with Crippen molar-refractivity contribution in [2.75, 3.05) is 11.4 Å². The zero-order valence-corrected chi connectivity index (χ0v) is 14.0. The normalized spacial score (nSPS) is 10.8. The first kappa shape index (κ1) is 16.1. The van der Waals surface area contributed by atoms with Crippen LogP contribution in [0.4, 0.5) is 10.1 Å². The number of nitrogens with zero attached hydrogens (tertiary/aromatic N) is 2. The lowest BCUT2D eigenvalue weighted by Crippen LogP contribution is -2.31. The first-order valence-electron chi connectivity index (χ1n) is 7.95. The monoisotopic (exact) mass is 322 g/mol. The number of pyridine rings is 1. The highest BCUT2D eigenvalue weighted by Crippen LogP contribution is 2.22. The van der Waals surface area contributed by atoms with Gasteiger partial charge in [-0.1, -0.05) is 11.6 Å². The Balaban J connectivity index is 2.05. The molecule has 0 spiro atoms. The Bertz CT molecular complexity index is 903. The summed E-state index contributed by atoms with van der Waals surface area (Å²) >= 11 is 0. The molecule has 0 fully saturated rings. The van der Waals surface area contributed by atoms with Crippen LogP contribution in [0.3, 0.4) is 0 Å². The molecule has 2 aromatic carbocycles. The van der Waals surface area contributed by atoms with Crippen molar-refractivity contribution in [1.82, 2.24) is 4.98 Å². The fraction of sp³-hybridized carbons (Fsp3) is 0.200. The van der Waals surface area contributed by atoms with Crippen LogP contribution in [-0.4, -0.2) is 17.4 Å². The van der Waals surface area contributed by atoms with Gasteiger partial charge in [0.25, 0.3) is 5.91 Å². The highest BCUT2D eigenvalue weighted by atomic mass is 19.1. The second kappa shape index (κ2) is 6.40. The number of carbonyl (C=O) groups excluding carboxylic acids is 1. The van der Waals surface area contributed by atoms with Crippen LogP contribution in [0.2, 0.25) is 0 Å². The van der Waals surface area contributed by atoms with E-state index in [1.165, 1.54) is 12.1 Å². The molecule has 0 N–H and O–H groups in total. The van der Waals surface area contributed by atoms with Crippen molar-refractivity contribution in [3.63, 3.8) is 0 Å². The van der Waals surface area contributed by atoms with E-state index in [1.54, 1.807) is 17.0 Å². The molecule has 1 aromatic heterocycles. The number of rotatable bonds is 3. The van der Waals surface area contributed by atoms with E-state index in [1.807, 2.05) is 45.0 Å². The number of amides is 1. The Morgan fingerprint density at radius 1 is 1.08 bits per heavy atom. The molecule has 0 saturated carbocycles. The van der Waals surface area contributed by atoms with Crippen molar-refractivity contribution in [1.29, 1.82) is 0 Å². The number of benzene rings is 2. The van der Waals surface area contributed by atoms with Crippen molar-refractivity contribution in [2.45, 2.75) is 20.8 Å². The SMILES string of the molecule is CCN(C(=O)c1cc2cc(C)ccc2nc1C)c1ccc(F)cc1. The van der Waals surface area contributed by atoms with Crippen LogP contribution < -0.4 is 4.90 Å². The largest absolute Gasteiger partial charge is 0.309 e. The molecule has 0 saturated heterocycles. The Kier molecular flexibility index (Phi) is 4.30. The molecule has 3 aromatic rings. The minimum Gasteiger partial charge on any atom is -0.309 e. The lowest BCUT2D eigenvalue weighted by Gasteiger charge is -2.22. The molecule has 0 radical (unpaired) electrons. The number of hydrogen-bond donors (Lipinski definition) is 0. The van der Waals surface area contributed by atoms with Gasteiger partial charge in [0.2, 0.25) is 0 Å². The van der Waals surface area contributed by atoms with Gasteiger partial charge >= 0.3 is 0 Å². The van der Waals surface area contributed by atoms with E-state index < -0.39 is 0 Å². The van der Waals surface area contributed by atoms with Gasteiger partial charge in [-0.25, -0.2) is 4.39 Å². The smallest absolute Gasteiger partial charge is 0.260 e. The molecule has 0 bridgehead atoms. The van der Waals surface area contributed by atoms with Crippen LogP contribution in [0, 0.1) is 19.7 Å². The average Bonchev–Trinajstić information content (AvgIpc) is 2.57. The topological polar surface area (TPSA) is 33.2 Å². The van der Waals surface area contributed by atoms with Gasteiger partial charge in [0.05, 0.1) is 16.8 Å². The Labute approximate surface area is 140 Å². The zero-order valence-electron chi connectivity index (χ0n) is 14.0. The van der Waals surface area contributed by atoms with Crippen molar-refractivity contribution in [3.05, 3.63) is 71.2 Å². The molecule has 1 amide bonds. The van der Waals surface area contributed by atoms with Gasteiger partial charge in [-0.2, -0.15) is 0 Å². The molecule has 0 aliphatic carbocycles. The van der Waals surface area contributed by atoms with Gasteiger partial charge in [0.15, 0.2) is 0 Å². The maximum Gasteiger partial charge on any atom is 0.260 e. The second-order valence-corrected chi connectivity index (χ2v) is 5.84. The Hall–Kier alpha value is -2.75. The minimum absolute atomic E-state index is 0.127. The highest BCUT2D eigenvalue weighted by molar-refractivity contribution is 6.08. The van der Waals surface area contributed by atoms with Gasteiger partial charge in [0, 0.05) is 17.6 Å². The fourth-order valence-corrected chi connectivity index (χ4v) is 2.82. The van der Waals surface area contributed by atoms with Crippen molar-refractivity contribution < 1.29 is 9.18 Å². The summed E-state index contributed by atoms with van der Waals surface area (Å²) in [5.41, 5.74) is 3.93. The van der Waals surface area contributed by atoms with Crippen molar-refractivity contribution in [3.8, 4) is 0 Å². The predicted octanol–water partition coefficient (Wildman–Crippen LogP) is 4.66. The summed E-state index contributed by atoms with van der Waals surface area (Å²) in [6, 6.07) is 13.8. The third-order valence-electron chi connectivity index (χ3n) is 4.09. The van der Waals surface area contributed by atoms with Gasteiger partial charge in [-0.05, 0) is 63.2 Å². The fourth-order valence-electron chi connectivity index (χ4n) is 2.82. The minimum atomic E-state index is -0.318. The van der Waals surface area contributed by atoms with E-state index >= 15 is 0 Å². The van der Waals surface area contributed by atoms with E-state index in [-0.39, 0.29) is 11.7 Å². The quantitative estimate of drug-likeness (QED) is 0.703. The van der Waals surface area contributed by atoms with Crippen molar-refractivity contribution in [2.24, 2.45) is 0 Å². The van der Waals surface area contributed by atoms with E-state index in [0.29, 0.717) is 23.5 Å².